The standard InChI is InChI=1S/C10H7N4.C8H11.2ClH.Zr/c1-2-4-9-6-10(5-8(9)3-1)14-7-11-12-13-14;1-6-4-5-7(2)8(6)3;;;/h1-7H;4-5H,1-3H3;2*1H;/q2*-1;;;+4/p-2. The topological polar surface area (TPSA) is 43.6 Å². The predicted octanol–water partition coefficient (Wildman–Crippen LogP) is -2.13. The zero-order valence-corrected chi connectivity index (χ0v) is 18.2. The summed E-state index contributed by atoms with van der Waals surface area (Å²) in [6, 6.07) is 16.6. The number of nitrogens with zero attached hydrogens (tertiary/aromatic N) is 4. The van der Waals surface area contributed by atoms with Gasteiger partial charge in [0.05, 0.1) is 0 Å². The van der Waals surface area contributed by atoms with E-state index < -0.39 is 0 Å². The van der Waals surface area contributed by atoms with Crippen LogP contribution in [0, 0.1) is 20.8 Å². The number of rotatable bonds is 1. The van der Waals surface area contributed by atoms with Crippen molar-refractivity contribution in [3.05, 3.63) is 71.5 Å². The molecule has 0 aliphatic heterocycles. The summed E-state index contributed by atoms with van der Waals surface area (Å²) in [5.74, 6) is 0. The number of fused-ring (bicyclic) bond motifs is 1. The van der Waals surface area contributed by atoms with Crippen molar-refractivity contribution in [2.75, 3.05) is 0 Å². The third kappa shape index (κ3) is 5.60. The Bertz CT molecular complexity index is 829. The first kappa shape index (κ1) is 23.7. The number of aromatic nitrogens is 4. The van der Waals surface area contributed by atoms with E-state index in [-0.39, 0.29) is 51.0 Å². The molecule has 3 aromatic carbocycles. The molecule has 128 valence electrons. The van der Waals surface area contributed by atoms with Gasteiger partial charge in [0.1, 0.15) is 6.33 Å². The Hall–Kier alpha value is -1.29. The molecule has 4 rings (SSSR count). The molecule has 0 bridgehead atoms. The van der Waals surface area contributed by atoms with Gasteiger partial charge in [-0.2, -0.15) is 22.8 Å². The molecule has 0 aliphatic rings. The fourth-order valence-electron chi connectivity index (χ4n) is 2.36. The van der Waals surface area contributed by atoms with Crippen molar-refractivity contribution in [1.29, 1.82) is 0 Å². The van der Waals surface area contributed by atoms with Gasteiger partial charge in [0, 0.05) is 0 Å². The molecule has 4 aromatic rings. The van der Waals surface area contributed by atoms with Crippen LogP contribution in [-0.2, 0) is 26.2 Å². The normalized spacial score (nSPS) is 9.24. The van der Waals surface area contributed by atoms with Crippen molar-refractivity contribution in [3.8, 4) is 5.69 Å². The van der Waals surface area contributed by atoms with Crippen LogP contribution in [0.1, 0.15) is 16.7 Å². The first-order valence-electron chi connectivity index (χ1n) is 7.23. The van der Waals surface area contributed by atoms with E-state index in [1.807, 2.05) is 12.1 Å². The summed E-state index contributed by atoms with van der Waals surface area (Å²) >= 11 is 0. The Labute approximate surface area is 179 Å². The van der Waals surface area contributed by atoms with E-state index in [0.29, 0.717) is 0 Å². The second-order valence-corrected chi connectivity index (χ2v) is 5.42. The molecule has 1 aromatic heterocycles. The fraction of sp³-hybridized carbons (Fsp3) is 0.167. The molecule has 0 unspecified atom stereocenters. The van der Waals surface area contributed by atoms with Crippen molar-refractivity contribution in [2.45, 2.75) is 20.8 Å². The number of halogens is 2. The van der Waals surface area contributed by atoms with Crippen molar-refractivity contribution in [2.24, 2.45) is 0 Å². The molecule has 0 radical (unpaired) electrons. The van der Waals surface area contributed by atoms with E-state index in [9.17, 15) is 0 Å². The molecule has 1 heterocycles. The van der Waals surface area contributed by atoms with Gasteiger partial charge in [-0.1, -0.05) is 26.8 Å². The van der Waals surface area contributed by atoms with Gasteiger partial charge in [-0.05, 0) is 16.1 Å². The molecule has 0 spiro atoms. The minimum absolute atomic E-state index is 0. The van der Waals surface area contributed by atoms with Gasteiger partial charge >= 0.3 is 26.2 Å². The summed E-state index contributed by atoms with van der Waals surface area (Å²) in [5.41, 5.74) is 5.24. The maximum atomic E-state index is 3.84. The molecule has 0 N–H and O–H groups in total. The summed E-state index contributed by atoms with van der Waals surface area (Å²) in [4.78, 5) is 0. The van der Waals surface area contributed by atoms with Crippen LogP contribution in [0.3, 0.4) is 0 Å². The summed E-state index contributed by atoms with van der Waals surface area (Å²) in [5, 5.41) is 13.5. The summed E-state index contributed by atoms with van der Waals surface area (Å²) in [6.45, 7) is 6.44. The van der Waals surface area contributed by atoms with E-state index in [1.165, 1.54) is 27.5 Å². The Balaban J connectivity index is 0.000000462. The number of benzene rings is 1. The molecular weight excluding hydrogens is 434 g/mol. The van der Waals surface area contributed by atoms with E-state index in [4.69, 9.17) is 0 Å². The maximum absolute atomic E-state index is 3.84. The minimum atomic E-state index is 0. The summed E-state index contributed by atoms with van der Waals surface area (Å²) in [7, 11) is 0. The van der Waals surface area contributed by atoms with Crippen molar-refractivity contribution >= 4 is 10.8 Å². The number of tetrazole rings is 1. The fourth-order valence-corrected chi connectivity index (χ4v) is 2.36. The van der Waals surface area contributed by atoms with Crippen LogP contribution in [0.25, 0.3) is 16.5 Å². The largest absolute Gasteiger partial charge is 4.00 e. The average Bonchev–Trinajstić information content (AvgIpc) is 3.24. The van der Waals surface area contributed by atoms with Crippen LogP contribution in [0.2, 0.25) is 0 Å². The Morgan fingerprint density at radius 2 is 1.80 bits per heavy atom. The third-order valence-electron chi connectivity index (χ3n) is 3.98. The van der Waals surface area contributed by atoms with Crippen LogP contribution in [0.5, 0.6) is 0 Å². The molecular formula is C18H18Cl2N4Zr. The monoisotopic (exact) mass is 450 g/mol. The van der Waals surface area contributed by atoms with Gasteiger partial charge in [-0.3, -0.25) is 0 Å². The Morgan fingerprint density at radius 3 is 2.28 bits per heavy atom. The molecule has 0 amide bonds. The van der Waals surface area contributed by atoms with Crippen molar-refractivity contribution < 1.29 is 51.0 Å². The Kier molecular flexibility index (Phi) is 10.1. The van der Waals surface area contributed by atoms with Gasteiger partial charge in [0.25, 0.3) is 0 Å². The molecule has 0 aliphatic carbocycles. The second-order valence-electron chi connectivity index (χ2n) is 5.42. The zero-order chi connectivity index (χ0) is 15.5. The molecule has 0 saturated carbocycles. The van der Waals surface area contributed by atoms with Gasteiger partial charge < -0.3 is 24.8 Å². The number of hydrogen-bond acceptors (Lipinski definition) is 3. The third-order valence-corrected chi connectivity index (χ3v) is 3.98. The Morgan fingerprint density at radius 1 is 1.08 bits per heavy atom. The predicted molar refractivity (Wildman–Crippen MR) is 88.5 cm³/mol. The van der Waals surface area contributed by atoms with Gasteiger partial charge in [-0.15, -0.1) is 46.2 Å². The van der Waals surface area contributed by atoms with E-state index in [1.54, 1.807) is 11.0 Å². The van der Waals surface area contributed by atoms with E-state index in [2.05, 4.69) is 72.7 Å². The van der Waals surface area contributed by atoms with Crippen molar-refractivity contribution in [1.82, 2.24) is 20.2 Å². The second kappa shape index (κ2) is 10.6. The number of hydrogen-bond donors (Lipinski definition) is 0. The summed E-state index contributed by atoms with van der Waals surface area (Å²) in [6.07, 6.45) is 1.59. The van der Waals surface area contributed by atoms with Crippen LogP contribution in [0.15, 0.2) is 54.9 Å². The average molecular weight is 453 g/mol. The smallest absolute Gasteiger partial charge is 1.00 e. The zero-order valence-electron chi connectivity index (χ0n) is 14.2. The SMILES string of the molecule is Cc1cc[c-](C)c1C.[Cl-].[Cl-].[Zr+4].c1ccc2[cH-]c(-n3cnnn3)cc2c1. The quantitative estimate of drug-likeness (QED) is 0.310. The van der Waals surface area contributed by atoms with Crippen LogP contribution in [-0.4, -0.2) is 20.2 Å². The molecule has 0 saturated heterocycles. The van der Waals surface area contributed by atoms with Crippen LogP contribution >= 0.6 is 0 Å². The van der Waals surface area contributed by atoms with Crippen LogP contribution in [0.4, 0.5) is 0 Å². The van der Waals surface area contributed by atoms with Crippen molar-refractivity contribution in [3.63, 3.8) is 0 Å². The van der Waals surface area contributed by atoms with Gasteiger partial charge in [0.2, 0.25) is 0 Å². The molecule has 0 fully saturated rings. The van der Waals surface area contributed by atoms with E-state index in [0.717, 1.165) is 5.69 Å². The molecule has 4 nitrogen and oxygen atoms in total. The maximum Gasteiger partial charge on any atom is 4.00 e. The van der Waals surface area contributed by atoms with E-state index >= 15 is 0 Å². The minimum Gasteiger partial charge on any atom is -1.00 e. The molecule has 25 heavy (non-hydrogen) atoms. The summed E-state index contributed by atoms with van der Waals surface area (Å²) < 4.78 is 1.65. The first-order valence-corrected chi connectivity index (χ1v) is 7.23. The van der Waals surface area contributed by atoms with Gasteiger partial charge in [-0.25, -0.2) is 10.7 Å². The van der Waals surface area contributed by atoms with Crippen LogP contribution < -0.4 is 24.8 Å². The first-order chi connectivity index (χ1) is 10.6. The molecule has 0 atom stereocenters. The van der Waals surface area contributed by atoms with Gasteiger partial charge in [0.15, 0.2) is 0 Å². The number of aryl methyl sites for hydroxylation is 2. The molecule has 7 heteroatoms.